The number of rotatable bonds is 7. The van der Waals surface area contributed by atoms with Gasteiger partial charge in [-0.05, 0) is 32.1 Å². The fourth-order valence-corrected chi connectivity index (χ4v) is 2.14. The van der Waals surface area contributed by atoms with Crippen LogP contribution in [0.4, 0.5) is 4.79 Å². The summed E-state index contributed by atoms with van der Waals surface area (Å²) in [5.41, 5.74) is -0.518. The molecule has 0 unspecified atom stereocenters. The molecule has 2 amide bonds. The van der Waals surface area contributed by atoms with E-state index in [1.807, 2.05) is 6.08 Å². The van der Waals surface area contributed by atoms with Gasteiger partial charge in [-0.1, -0.05) is 6.08 Å². The number of carbonyl (C=O) groups excluding carboxylic acids is 1. The van der Waals surface area contributed by atoms with Crippen molar-refractivity contribution < 1.29 is 14.7 Å². The Bertz CT molecular complexity index is 324. The maximum absolute atomic E-state index is 11.9. The minimum atomic E-state index is -0.857. The summed E-state index contributed by atoms with van der Waals surface area (Å²) in [6.07, 6.45) is 6.07. The highest BCUT2D eigenvalue weighted by atomic mass is 16.4. The number of allylic oxidation sites excluding steroid dienone is 1. The summed E-state index contributed by atoms with van der Waals surface area (Å²) < 4.78 is 0. The number of aliphatic carboxylic acids is 1. The Morgan fingerprint density at radius 1 is 1.50 bits per heavy atom. The second kappa shape index (κ2) is 6.42. The molecule has 0 saturated heterocycles. The van der Waals surface area contributed by atoms with Gasteiger partial charge in [0, 0.05) is 13.6 Å². The Kier molecular flexibility index (Phi) is 5.19. The van der Waals surface area contributed by atoms with Crippen LogP contribution in [-0.4, -0.2) is 41.1 Å². The molecule has 0 bridgehead atoms. The van der Waals surface area contributed by atoms with E-state index >= 15 is 0 Å². The molecule has 0 aliphatic heterocycles. The van der Waals surface area contributed by atoms with Crippen LogP contribution in [0.5, 0.6) is 0 Å². The number of urea groups is 1. The molecule has 1 rings (SSSR count). The van der Waals surface area contributed by atoms with Crippen LogP contribution in [0.25, 0.3) is 0 Å². The van der Waals surface area contributed by atoms with Crippen molar-refractivity contribution in [1.82, 2.24) is 10.2 Å². The zero-order valence-electron chi connectivity index (χ0n) is 10.9. The quantitative estimate of drug-likeness (QED) is 0.539. The molecule has 0 radical (unpaired) electrons. The number of carbonyl (C=O) groups is 2. The molecule has 0 aromatic heterocycles. The first kappa shape index (κ1) is 14.5. The molecule has 102 valence electrons. The number of unbranched alkanes of at least 4 members (excludes halogenated alkanes) is 1. The molecule has 5 heteroatoms. The molecule has 1 aliphatic carbocycles. The third-order valence-corrected chi connectivity index (χ3v) is 3.42. The van der Waals surface area contributed by atoms with E-state index in [2.05, 4.69) is 11.9 Å². The van der Waals surface area contributed by atoms with Gasteiger partial charge >= 0.3 is 12.0 Å². The van der Waals surface area contributed by atoms with Crippen molar-refractivity contribution in [1.29, 1.82) is 0 Å². The van der Waals surface area contributed by atoms with Crippen molar-refractivity contribution >= 4 is 12.0 Å². The highest BCUT2D eigenvalue weighted by Gasteiger charge is 2.40. The number of carboxylic acid groups (broad SMARTS) is 1. The van der Waals surface area contributed by atoms with Crippen LogP contribution in [0.15, 0.2) is 12.7 Å². The third-order valence-electron chi connectivity index (χ3n) is 3.42. The summed E-state index contributed by atoms with van der Waals surface area (Å²) in [5.74, 6) is -0.857. The lowest BCUT2D eigenvalue weighted by Gasteiger charge is -2.42. The molecule has 18 heavy (non-hydrogen) atoms. The molecule has 1 fully saturated rings. The molecule has 2 N–H and O–H groups in total. The Morgan fingerprint density at radius 2 is 2.17 bits per heavy atom. The van der Waals surface area contributed by atoms with Gasteiger partial charge in [-0.2, -0.15) is 0 Å². The number of hydrogen-bond acceptors (Lipinski definition) is 2. The van der Waals surface area contributed by atoms with E-state index < -0.39 is 11.5 Å². The van der Waals surface area contributed by atoms with Gasteiger partial charge in [-0.25, -0.2) is 4.79 Å². The predicted molar refractivity (Wildman–Crippen MR) is 69.4 cm³/mol. The van der Waals surface area contributed by atoms with Crippen molar-refractivity contribution in [2.45, 2.75) is 44.1 Å². The van der Waals surface area contributed by atoms with E-state index in [1.54, 1.807) is 11.9 Å². The molecule has 0 atom stereocenters. The minimum Gasteiger partial charge on any atom is -0.481 e. The SMILES string of the molecule is C=CCCCN(C)C(=O)NC1(CC(=O)O)CCC1. The van der Waals surface area contributed by atoms with E-state index in [-0.39, 0.29) is 12.5 Å². The molecular formula is C13H22N2O3. The summed E-state index contributed by atoms with van der Waals surface area (Å²) in [6, 6.07) is -0.181. The van der Waals surface area contributed by atoms with Gasteiger partial charge < -0.3 is 15.3 Å². The molecule has 5 nitrogen and oxygen atoms in total. The predicted octanol–water partition coefficient (Wildman–Crippen LogP) is 1.99. The summed E-state index contributed by atoms with van der Waals surface area (Å²) in [7, 11) is 1.73. The van der Waals surface area contributed by atoms with E-state index in [4.69, 9.17) is 5.11 Å². The van der Waals surface area contributed by atoms with Crippen molar-refractivity contribution in [2.75, 3.05) is 13.6 Å². The van der Waals surface area contributed by atoms with Crippen LogP contribution in [0, 0.1) is 0 Å². The van der Waals surface area contributed by atoms with Crippen molar-refractivity contribution in [2.24, 2.45) is 0 Å². The van der Waals surface area contributed by atoms with Crippen LogP contribution in [0.2, 0.25) is 0 Å². The van der Waals surface area contributed by atoms with Gasteiger partial charge in [-0.3, -0.25) is 4.79 Å². The van der Waals surface area contributed by atoms with Crippen molar-refractivity contribution in [3.63, 3.8) is 0 Å². The molecule has 0 spiro atoms. The summed E-state index contributed by atoms with van der Waals surface area (Å²) in [5, 5.41) is 11.7. The molecular weight excluding hydrogens is 232 g/mol. The van der Waals surface area contributed by atoms with Crippen molar-refractivity contribution in [3.05, 3.63) is 12.7 Å². The lowest BCUT2D eigenvalue weighted by molar-refractivity contribution is -0.139. The Hall–Kier alpha value is -1.52. The highest BCUT2D eigenvalue weighted by Crippen LogP contribution is 2.35. The fraction of sp³-hybridized carbons (Fsp3) is 0.692. The van der Waals surface area contributed by atoms with E-state index in [0.29, 0.717) is 6.54 Å². The average molecular weight is 254 g/mol. The first-order chi connectivity index (χ1) is 8.49. The second-order valence-electron chi connectivity index (χ2n) is 4.99. The molecule has 0 heterocycles. The normalized spacial score (nSPS) is 16.5. The first-order valence-electron chi connectivity index (χ1n) is 6.35. The van der Waals surface area contributed by atoms with Gasteiger partial charge in [0.1, 0.15) is 0 Å². The maximum atomic E-state index is 11.9. The summed E-state index contributed by atoms with van der Waals surface area (Å²) in [6.45, 7) is 4.29. The molecule has 1 aliphatic rings. The van der Waals surface area contributed by atoms with Gasteiger partial charge in [-0.15, -0.1) is 6.58 Å². The number of nitrogens with one attached hydrogen (secondary N) is 1. The van der Waals surface area contributed by atoms with E-state index in [9.17, 15) is 9.59 Å². The second-order valence-corrected chi connectivity index (χ2v) is 4.99. The van der Waals surface area contributed by atoms with Crippen LogP contribution >= 0.6 is 0 Å². The zero-order valence-corrected chi connectivity index (χ0v) is 10.9. The lowest BCUT2D eigenvalue weighted by Crippen LogP contribution is -2.57. The van der Waals surface area contributed by atoms with Crippen LogP contribution in [0.3, 0.4) is 0 Å². The smallest absolute Gasteiger partial charge is 0.317 e. The van der Waals surface area contributed by atoms with Gasteiger partial charge in [0.05, 0.1) is 12.0 Å². The Labute approximate surface area is 108 Å². The van der Waals surface area contributed by atoms with E-state index in [0.717, 1.165) is 32.1 Å². The third kappa shape index (κ3) is 4.05. The van der Waals surface area contributed by atoms with Gasteiger partial charge in [0.15, 0.2) is 0 Å². The van der Waals surface area contributed by atoms with Crippen LogP contribution < -0.4 is 5.32 Å². The number of nitrogens with zero attached hydrogens (tertiary/aromatic N) is 1. The average Bonchev–Trinajstić information content (AvgIpc) is 2.25. The number of amides is 2. The van der Waals surface area contributed by atoms with Crippen LogP contribution in [0.1, 0.15) is 38.5 Å². The number of carboxylic acids is 1. The molecule has 0 aromatic rings. The Morgan fingerprint density at radius 3 is 2.61 bits per heavy atom. The van der Waals surface area contributed by atoms with Gasteiger partial charge in [0.25, 0.3) is 0 Å². The lowest BCUT2D eigenvalue weighted by atomic mass is 9.74. The van der Waals surface area contributed by atoms with Crippen LogP contribution in [-0.2, 0) is 4.79 Å². The van der Waals surface area contributed by atoms with E-state index in [1.165, 1.54) is 0 Å². The standard InChI is InChI=1S/C13H22N2O3/c1-3-4-5-9-15(2)12(18)14-13(7-6-8-13)10-11(16)17/h3H,1,4-10H2,2H3,(H,14,18)(H,16,17). The van der Waals surface area contributed by atoms with Crippen molar-refractivity contribution in [3.8, 4) is 0 Å². The molecule has 1 saturated carbocycles. The molecule has 0 aromatic carbocycles. The van der Waals surface area contributed by atoms with Gasteiger partial charge in [0.2, 0.25) is 0 Å². The largest absolute Gasteiger partial charge is 0.481 e. The Balaban J connectivity index is 2.41. The topological polar surface area (TPSA) is 69.6 Å². The maximum Gasteiger partial charge on any atom is 0.317 e. The monoisotopic (exact) mass is 254 g/mol. The first-order valence-corrected chi connectivity index (χ1v) is 6.35. The minimum absolute atomic E-state index is 0.0131. The zero-order chi connectivity index (χ0) is 13.6. The summed E-state index contributed by atoms with van der Waals surface area (Å²) >= 11 is 0. The fourth-order valence-electron chi connectivity index (χ4n) is 2.14. The number of hydrogen-bond donors (Lipinski definition) is 2. The highest BCUT2D eigenvalue weighted by molar-refractivity contribution is 5.77. The summed E-state index contributed by atoms with van der Waals surface area (Å²) in [4.78, 5) is 24.3.